The smallest absolute Gasteiger partial charge is 0.265 e. The molecule has 0 unspecified atom stereocenters. The molecule has 0 amide bonds. The van der Waals surface area contributed by atoms with Gasteiger partial charge in [-0.25, -0.2) is 0 Å². The van der Waals surface area contributed by atoms with Gasteiger partial charge in [-0.15, -0.1) is 0 Å². The zero-order valence-corrected chi connectivity index (χ0v) is 11.1. The second kappa shape index (κ2) is 4.43. The summed E-state index contributed by atoms with van der Waals surface area (Å²) in [6.45, 7) is 2.39. The first-order valence-electron chi connectivity index (χ1n) is 4.75. The molecular weight excluding hydrogens is 288 g/mol. The van der Waals surface area contributed by atoms with E-state index < -0.39 is 0 Å². The molecule has 84 valence electrons. The molecular formula is C11H11BrN2OS. The van der Waals surface area contributed by atoms with Gasteiger partial charge in [-0.3, -0.25) is 4.79 Å². The molecule has 2 aromatic heterocycles. The summed E-state index contributed by atoms with van der Waals surface area (Å²) < 4.78 is 2.16. The molecule has 3 nitrogen and oxygen atoms in total. The highest BCUT2D eigenvalue weighted by Crippen LogP contribution is 2.18. The highest BCUT2D eigenvalue weighted by molar-refractivity contribution is 9.10. The fourth-order valence-electron chi connectivity index (χ4n) is 1.43. The van der Waals surface area contributed by atoms with E-state index in [0.717, 1.165) is 11.1 Å². The van der Waals surface area contributed by atoms with E-state index in [2.05, 4.69) is 15.9 Å². The number of nitrogen functional groups attached to an aromatic ring is 1. The monoisotopic (exact) mass is 298 g/mol. The SMILES string of the molecule is Cc1c(N)cn(Cc2ccsc2)c(=O)c1Br. The molecule has 0 aliphatic rings. The van der Waals surface area contributed by atoms with E-state index in [1.165, 1.54) is 0 Å². The van der Waals surface area contributed by atoms with Crippen molar-refractivity contribution in [2.75, 3.05) is 5.73 Å². The Labute approximate surface area is 106 Å². The summed E-state index contributed by atoms with van der Waals surface area (Å²) in [6, 6.07) is 2.00. The summed E-state index contributed by atoms with van der Waals surface area (Å²) >= 11 is 4.89. The molecule has 2 rings (SSSR count). The first kappa shape index (κ1) is 11.4. The van der Waals surface area contributed by atoms with Crippen LogP contribution in [-0.4, -0.2) is 4.57 Å². The van der Waals surface area contributed by atoms with Crippen molar-refractivity contribution in [1.82, 2.24) is 4.57 Å². The van der Waals surface area contributed by atoms with Gasteiger partial charge in [0.2, 0.25) is 0 Å². The third kappa shape index (κ3) is 2.05. The van der Waals surface area contributed by atoms with E-state index in [1.807, 2.05) is 23.8 Å². The predicted octanol–water partition coefficient (Wildman–Crippen LogP) is 2.61. The van der Waals surface area contributed by atoms with Crippen molar-refractivity contribution in [3.05, 3.63) is 49.0 Å². The largest absolute Gasteiger partial charge is 0.397 e. The van der Waals surface area contributed by atoms with Gasteiger partial charge in [0, 0.05) is 6.20 Å². The molecule has 0 saturated carbocycles. The van der Waals surface area contributed by atoms with E-state index >= 15 is 0 Å². The molecule has 0 aliphatic carbocycles. The molecule has 5 heteroatoms. The Balaban J connectivity index is 2.46. The minimum atomic E-state index is -0.0436. The first-order valence-corrected chi connectivity index (χ1v) is 6.49. The third-order valence-electron chi connectivity index (χ3n) is 2.44. The van der Waals surface area contributed by atoms with Gasteiger partial charge in [-0.2, -0.15) is 11.3 Å². The number of pyridine rings is 1. The van der Waals surface area contributed by atoms with Gasteiger partial charge in [-0.1, -0.05) is 0 Å². The highest BCUT2D eigenvalue weighted by atomic mass is 79.9. The number of nitrogens with zero attached hydrogens (tertiary/aromatic N) is 1. The van der Waals surface area contributed by atoms with E-state index in [1.54, 1.807) is 22.1 Å². The van der Waals surface area contributed by atoms with Gasteiger partial charge in [0.25, 0.3) is 5.56 Å². The van der Waals surface area contributed by atoms with Crippen LogP contribution in [0, 0.1) is 6.92 Å². The zero-order valence-electron chi connectivity index (χ0n) is 8.74. The number of aromatic nitrogens is 1. The van der Waals surface area contributed by atoms with Crippen LogP contribution < -0.4 is 11.3 Å². The first-order chi connectivity index (χ1) is 7.59. The summed E-state index contributed by atoms with van der Waals surface area (Å²) in [5.74, 6) is 0. The van der Waals surface area contributed by atoms with Crippen LogP contribution in [0.2, 0.25) is 0 Å². The average Bonchev–Trinajstić information content (AvgIpc) is 2.76. The molecule has 0 saturated heterocycles. The quantitative estimate of drug-likeness (QED) is 0.926. The van der Waals surface area contributed by atoms with Crippen molar-refractivity contribution in [1.29, 1.82) is 0 Å². The van der Waals surface area contributed by atoms with Crippen LogP contribution in [0.1, 0.15) is 11.1 Å². The molecule has 0 atom stereocenters. The Kier molecular flexibility index (Phi) is 3.16. The standard InChI is InChI=1S/C11H11BrN2OS/c1-7-9(13)5-14(11(15)10(7)12)4-8-2-3-16-6-8/h2-3,5-6H,4,13H2,1H3. The van der Waals surface area contributed by atoms with Crippen LogP contribution >= 0.6 is 27.3 Å². The summed E-state index contributed by atoms with van der Waals surface area (Å²) in [7, 11) is 0. The van der Waals surface area contributed by atoms with Crippen LogP contribution in [0.4, 0.5) is 5.69 Å². The highest BCUT2D eigenvalue weighted by Gasteiger charge is 2.08. The van der Waals surface area contributed by atoms with Gasteiger partial charge >= 0.3 is 0 Å². The molecule has 0 fully saturated rings. The molecule has 2 heterocycles. The fourth-order valence-corrected chi connectivity index (χ4v) is 2.55. The minimum absolute atomic E-state index is 0.0436. The topological polar surface area (TPSA) is 48.0 Å². The van der Waals surface area contributed by atoms with Crippen molar-refractivity contribution in [2.45, 2.75) is 13.5 Å². The number of nitrogens with two attached hydrogens (primary N) is 1. The number of hydrogen-bond acceptors (Lipinski definition) is 3. The molecule has 16 heavy (non-hydrogen) atoms. The average molecular weight is 299 g/mol. The second-order valence-corrected chi connectivity index (χ2v) is 5.16. The Hall–Kier alpha value is -1.07. The maximum Gasteiger partial charge on any atom is 0.265 e. The molecule has 0 spiro atoms. The van der Waals surface area contributed by atoms with Crippen molar-refractivity contribution < 1.29 is 0 Å². The van der Waals surface area contributed by atoms with Crippen LogP contribution in [-0.2, 0) is 6.54 Å². The molecule has 0 aliphatic heterocycles. The van der Waals surface area contributed by atoms with Crippen LogP contribution in [0.3, 0.4) is 0 Å². The lowest BCUT2D eigenvalue weighted by Gasteiger charge is -2.09. The lowest BCUT2D eigenvalue weighted by molar-refractivity contribution is 0.757. The Bertz CT molecular complexity index is 560. The summed E-state index contributed by atoms with van der Waals surface area (Å²) in [5, 5.41) is 4.02. The summed E-state index contributed by atoms with van der Waals surface area (Å²) in [5.41, 5.74) is 8.33. The van der Waals surface area contributed by atoms with Crippen molar-refractivity contribution >= 4 is 33.0 Å². The lowest BCUT2D eigenvalue weighted by Crippen LogP contribution is -2.22. The van der Waals surface area contributed by atoms with Gasteiger partial charge in [-0.05, 0) is 50.8 Å². The molecule has 0 aromatic carbocycles. The minimum Gasteiger partial charge on any atom is -0.397 e. The third-order valence-corrected chi connectivity index (χ3v) is 4.10. The molecule has 2 N–H and O–H groups in total. The van der Waals surface area contributed by atoms with Gasteiger partial charge in [0.15, 0.2) is 0 Å². The Morgan fingerprint density at radius 2 is 2.31 bits per heavy atom. The zero-order chi connectivity index (χ0) is 11.7. The Morgan fingerprint density at radius 3 is 2.94 bits per heavy atom. The summed E-state index contributed by atoms with van der Waals surface area (Å²) in [4.78, 5) is 11.9. The van der Waals surface area contributed by atoms with Crippen molar-refractivity contribution in [2.24, 2.45) is 0 Å². The van der Waals surface area contributed by atoms with Crippen LogP contribution in [0.15, 0.2) is 32.3 Å². The Morgan fingerprint density at radius 1 is 1.56 bits per heavy atom. The maximum absolute atomic E-state index is 11.9. The number of thiophene rings is 1. The number of hydrogen-bond donors (Lipinski definition) is 1. The van der Waals surface area contributed by atoms with Gasteiger partial charge in [0.1, 0.15) is 0 Å². The van der Waals surface area contributed by atoms with Crippen molar-refractivity contribution in [3.63, 3.8) is 0 Å². The molecule has 0 bridgehead atoms. The van der Waals surface area contributed by atoms with Crippen LogP contribution in [0.5, 0.6) is 0 Å². The van der Waals surface area contributed by atoms with Gasteiger partial charge in [0.05, 0.1) is 16.7 Å². The maximum atomic E-state index is 11.9. The van der Waals surface area contributed by atoms with Crippen LogP contribution in [0.25, 0.3) is 0 Å². The predicted molar refractivity (Wildman–Crippen MR) is 71.0 cm³/mol. The number of halogens is 1. The number of anilines is 1. The van der Waals surface area contributed by atoms with Crippen molar-refractivity contribution in [3.8, 4) is 0 Å². The van der Waals surface area contributed by atoms with E-state index in [9.17, 15) is 4.79 Å². The van der Waals surface area contributed by atoms with E-state index in [-0.39, 0.29) is 5.56 Å². The molecule has 2 aromatic rings. The number of rotatable bonds is 2. The lowest BCUT2D eigenvalue weighted by atomic mass is 10.2. The summed E-state index contributed by atoms with van der Waals surface area (Å²) in [6.07, 6.45) is 1.69. The normalized spacial score (nSPS) is 10.6. The van der Waals surface area contributed by atoms with Gasteiger partial charge < -0.3 is 10.3 Å². The fraction of sp³-hybridized carbons (Fsp3) is 0.182. The van der Waals surface area contributed by atoms with E-state index in [0.29, 0.717) is 16.7 Å². The van der Waals surface area contributed by atoms with E-state index in [4.69, 9.17) is 5.73 Å². The molecule has 0 radical (unpaired) electrons. The second-order valence-electron chi connectivity index (χ2n) is 3.59.